The standard InChI is InChI=1S/C12H14O4/c1-3-4-8-9(11(13)14)6-5-7(2)10(8)12(15)16/h5-6H,3-4H2,1-2H3,(H,13,14)(H,15,16). The van der Waals surface area contributed by atoms with Gasteiger partial charge in [-0.1, -0.05) is 19.4 Å². The van der Waals surface area contributed by atoms with Crippen LogP contribution < -0.4 is 0 Å². The molecule has 0 unspecified atom stereocenters. The quantitative estimate of drug-likeness (QED) is 0.819. The van der Waals surface area contributed by atoms with Gasteiger partial charge >= 0.3 is 11.9 Å². The molecule has 2 N–H and O–H groups in total. The fourth-order valence-electron chi connectivity index (χ4n) is 1.77. The van der Waals surface area contributed by atoms with Gasteiger partial charge in [-0.25, -0.2) is 9.59 Å². The average molecular weight is 222 g/mol. The zero-order valence-corrected chi connectivity index (χ0v) is 9.28. The molecule has 0 aliphatic carbocycles. The number of carboxylic acid groups (broad SMARTS) is 2. The third kappa shape index (κ3) is 2.21. The number of aromatic carboxylic acids is 2. The highest BCUT2D eigenvalue weighted by Gasteiger charge is 2.19. The van der Waals surface area contributed by atoms with Crippen LogP contribution in [0.25, 0.3) is 0 Å². The summed E-state index contributed by atoms with van der Waals surface area (Å²) in [5, 5.41) is 18.1. The minimum Gasteiger partial charge on any atom is -0.478 e. The highest BCUT2D eigenvalue weighted by molar-refractivity contribution is 5.97. The van der Waals surface area contributed by atoms with Gasteiger partial charge in [0.2, 0.25) is 0 Å². The third-order valence-corrected chi connectivity index (χ3v) is 2.47. The molecule has 0 aliphatic rings. The molecule has 1 rings (SSSR count). The maximum atomic E-state index is 11.1. The van der Waals surface area contributed by atoms with Crippen LogP contribution in [0.4, 0.5) is 0 Å². The van der Waals surface area contributed by atoms with Gasteiger partial charge in [-0.15, -0.1) is 0 Å². The van der Waals surface area contributed by atoms with E-state index >= 15 is 0 Å². The van der Waals surface area contributed by atoms with Crippen molar-refractivity contribution in [1.29, 1.82) is 0 Å². The van der Waals surface area contributed by atoms with Crippen LogP contribution in [0.3, 0.4) is 0 Å². The Bertz CT molecular complexity index is 435. The highest BCUT2D eigenvalue weighted by Crippen LogP contribution is 2.21. The molecule has 0 saturated heterocycles. The van der Waals surface area contributed by atoms with Crippen LogP contribution in [0.2, 0.25) is 0 Å². The van der Waals surface area contributed by atoms with Crippen LogP contribution in [-0.4, -0.2) is 22.2 Å². The van der Waals surface area contributed by atoms with Gasteiger partial charge in [0.05, 0.1) is 11.1 Å². The molecule has 0 aliphatic heterocycles. The summed E-state index contributed by atoms with van der Waals surface area (Å²) >= 11 is 0. The SMILES string of the molecule is CCCc1c(C(=O)O)ccc(C)c1C(=O)O. The molecule has 16 heavy (non-hydrogen) atoms. The fraction of sp³-hybridized carbons (Fsp3) is 0.333. The zero-order chi connectivity index (χ0) is 12.3. The summed E-state index contributed by atoms with van der Waals surface area (Å²) in [6, 6.07) is 3.00. The number of benzene rings is 1. The van der Waals surface area contributed by atoms with Crippen molar-refractivity contribution in [3.05, 3.63) is 34.4 Å². The Labute approximate surface area is 93.5 Å². The smallest absolute Gasteiger partial charge is 0.336 e. The summed E-state index contributed by atoms with van der Waals surface area (Å²) < 4.78 is 0. The molecule has 0 bridgehead atoms. The summed E-state index contributed by atoms with van der Waals surface area (Å²) in [6.45, 7) is 3.56. The summed E-state index contributed by atoms with van der Waals surface area (Å²) in [7, 11) is 0. The lowest BCUT2D eigenvalue weighted by Gasteiger charge is -2.11. The molecule has 0 saturated carbocycles. The van der Waals surface area contributed by atoms with Crippen LogP contribution in [0.1, 0.15) is 45.2 Å². The zero-order valence-electron chi connectivity index (χ0n) is 9.28. The fourth-order valence-corrected chi connectivity index (χ4v) is 1.77. The van der Waals surface area contributed by atoms with Crippen molar-refractivity contribution in [3.8, 4) is 0 Å². The first-order chi connectivity index (χ1) is 7.49. The topological polar surface area (TPSA) is 74.6 Å². The highest BCUT2D eigenvalue weighted by atomic mass is 16.4. The number of hydrogen-bond donors (Lipinski definition) is 2. The maximum absolute atomic E-state index is 11.1. The van der Waals surface area contributed by atoms with Crippen molar-refractivity contribution < 1.29 is 19.8 Å². The third-order valence-electron chi connectivity index (χ3n) is 2.47. The monoisotopic (exact) mass is 222 g/mol. The lowest BCUT2D eigenvalue weighted by molar-refractivity contribution is 0.0695. The summed E-state index contributed by atoms with van der Waals surface area (Å²) in [6.07, 6.45) is 1.18. The molecule has 86 valence electrons. The van der Waals surface area contributed by atoms with E-state index in [0.717, 1.165) is 0 Å². The van der Waals surface area contributed by atoms with E-state index in [1.165, 1.54) is 12.1 Å². The predicted octanol–water partition coefficient (Wildman–Crippen LogP) is 2.34. The largest absolute Gasteiger partial charge is 0.478 e. The number of aryl methyl sites for hydroxylation is 1. The molecule has 0 fully saturated rings. The van der Waals surface area contributed by atoms with Gasteiger partial charge in [-0.2, -0.15) is 0 Å². The van der Waals surface area contributed by atoms with Gasteiger partial charge in [-0.05, 0) is 30.5 Å². The van der Waals surface area contributed by atoms with Crippen LogP contribution in [0, 0.1) is 6.92 Å². The normalized spacial score (nSPS) is 10.1. The Balaban J connectivity index is 3.49. The Hall–Kier alpha value is -1.84. The van der Waals surface area contributed by atoms with Crippen LogP contribution >= 0.6 is 0 Å². The first-order valence-corrected chi connectivity index (χ1v) is 5.08. The molecule has 0 amide bonds. The van der Waals surface area contributed by atoms with E-state index in [9.17, 15) is 9.59 Å². The minimum absolute atomic E-state index is 0.0878. The predicted molar refractivity (Wildman–Crippen MR) is 59.1 cm³/mol. The van der Waals surface area contributed by atoms with Gasteiger partial charge in [0, 0.05) is 0 Å². The summed E-state index contributed by atoms with van der Waals surface area (Å²) in [5.41, 5.74) is 1.23. The van der Waals surface area contributed by atoms with Crippen molar-refractivity contribution in [1.82, 2.24) is 0 Å². The van der Waals surface area contributed by atoms with Gasteiger partial charge in [0.25, 0.3) is 0 Å². The van der Waals surface area contributed by atoms with Crippen molar-refractivity contribution >= 4 is 11.9 Å². The van der Waals surface area contributed by atoms with E-state index in [0.29, 0.717) is 24.0 Å². The Morgan fingerprint density at radius 3 is 2.25 bits per heavy atom. The Morgan fingerprint density at radius 2 is 1.81 bits per heavy atom. The Morgan fingerprint density at radius 1 is 1.19 bits per heavy atom. The number of hydrogen-bond acceptors (Lipinski definition) is 2. The van der Waals surface area contributed by atoms with Crippen LogP contribution in [0.15, 0.2) is 12.1 Å². The van der Waals surface area contributed by atoms with Gasteiger partial charge < -0.3 is 10.2 Å². The lowest BCUT2D eigenvalue weighted by atomic mass is 9.93. The van der Waals surface area contributed by atoms with Crippen molar-refractivity contribution in [2.75, 3.05) is 0 Å². The number of rotatable bonds is 4. The van der Waals surface area contributed by atoms with E-state index < -0.39 is 11.9 Å². The second-order valence-electron chi connectivity index (χ2n) is 3.64. The second kappa shape index (κ2) is 4.79. The van der Waals surface area contributed by atoms with Crippen molar-refractivity contribution in [3.63, 3.8) is 0 Å². The van der Waals surface area contributed by atoms with Gasteiger partial charge in [0.1, 0.15) is 0 Å². The molecule has 0 aromatic heterocycles. The molecule has 4 nitrogen and oxygen atoms in total. The van der Waals surface area contributed by atoms with Crippen molar-refractivity contribution in [2.45, 2.75) is 26.7 Å². The minimum atomic E-state index is -1.08. The van der Waals surface area contributed by atoms with Crippen LogP contribution in [-0.2, 0) is 6.42 Å². The van der Waals surface area contributed by atoms with E-state index in [4.69, 9.17) is 10.2 Å². The summed E-state index contributed by atoms with van der Waals surface area (Å²) in [5.74, 6) is -2.14. The van der Waals surface area contributed by atoms with Crippen LogP contribution in [0.5, 0.6) is 0 Å². The maximum Gasteiger partial charge on any atom is 0.336 e. The van der Waals surface area contributed by atoms with Crippen molar-refractivity contribution in [2.24, 2.45) is 0 Å². The first-order valence-electron chi connectivity index (χ1n) is 5.08. The summed E-state index contributed by atoms with van der Waals surface area (Å²) in [4.78, 5) is 22.1. The van der Waals surface area contributed by atoms with E-state index in [1.54, 1.807) is 6.92 Å². The van der Waals surface area contributed by atoms with E-state index in [-0.39, 0.29) is 11.1 Å². The molecular weight excluding hydrogens is 208 g/mol. The number of carboxylic acids is 2. The van der Waals surface area contributed by atoms with E-state index in [1.807, 2.05) is 6.92 Å². The van der Waals surface area contributed by atoms with E-state index in [2.05, 4.69) is 0 Å². The molecule has 0 atom stereocenters. The molecule has 4 heteroatoms. The average Bonchev–Trinajstić information content (AvgIpc) is 2.17. The second-order valence-corrected chi connectivity index (χ2v) is 3.64. The van der Waals surface area contributed by atoms with Gasteiger partial charge in [0.15, 0.2) is 0 Å². The van der Waals surface area contributed by atoms with Gasteiger partial charge in [-0.3, -0.25) is 0 Å². The first kappa shape index (κ1) is 12.2. The molecule has 1 aromatic carbocycles. The molecule has 1 aromatic rings. The molecule has 0 heterocycles. The molecule has 0 radical (unpaired) electrons. The molecular formula is C12H14O4. The Kier molecular flexibility index (Phi) is 3.66. The lowest BCUT2D eigenvalue weighted by Crippen LogP contribution is -2.11. The molecule has 0 spiro atoms. The number of carbonyl (C=O) groups is 2.